The molecule has 7 nitrogen and oxygen atoms in total. The maximum absolute atomic E-state index is 12.1. The average Bonchev–Trinajstić information content (AvgIpc) is 3.39. The third-order valence-electron chi connectivity index (χ3n) is 4.84. The van der Waals surface area contributed by atoms with Crippen molar-refractivity contribution in [3.8, 4) is 0 Å². The molecule has 0 radical (unpaired) electrons. The number of hydrogen-bond donors (Lipinski definition) is 1. The summed E-state index contributed by atoms with van der Waals surface area (Å²) in [4.78, 5) is 27.3. The van der Waals surface area contributed by atoms with Crippen LogP contribution in [0.25, 0.3) is 0 Å². The zero-order chi connectivity index (χ0) is 17.1. The lowest BCUT2D eigenvalue weighted by Crippen LogP contribution is -2.53. The highest BCUT2D eigenvalue weighted by atomic mass is 16.6. The lowest BCUT2D eigenvalue weighted by Gasteiger charge is -2.37. The normalized spacial score (nSPS) is 20.5. The highest BCUT2D eigenvalue weighted by Crippen LogP contribution is 2.21. The van der Waals surface area contributed by atoms with Crippen molar-refractivity contribution in [3.63, 3.8) is 0 Å². The molecule has 1 aromatic carbocycles. The van der Waals surface area contributed by atoms with Crippen molar-refractivity contribution in [2.24, 2.45) is 0 Å². The quantitative estimate of drug-likeness (QED) is 0.629. The number of hydrogen-bond acceptors (Lipinski definition) is 5. The Morgan fingerprint density at radius 2 is 1.96 bits per heavy atom. The van der Waals surface area contributed by atoms with Gasteiger partial charge in [-0.15, -0.1) is 0 Å². The number of carbonyl (C=O) groups is 1. The van der Waals surface area contributed by atoms with Gasteiger partial charge in [0.05, 0.1) is 11.0 Å². The molecule has 7 heteroatoms. The Hall–Kier alpha value is -1.99. The van der Waals surface area contributed by atoms with Crippen molar-refractivity contribution < 1.29 is 9.72 Å². The zero-order valence-corrected chi connectivity index (χ0v) is 14.0. The van der Waals surface area contributed by atoms with E-state index >= 15 is 0 Å². The van der Waals surface area contributed by atoms with Crippen molar-refractivity contribution in [3.05, 3.63) is 39.9 Å². The van der Waals surface area contributed by atoms with Gasteiger partial charge < -0.3 is 5.32 Å². The molecule has 130 valence electrons. The summed E-state index contributed by atoms with van der Waals surface area (Å²) in [7, 11) is 0. The first-order valence-electron chi connectivity index (χ1n) is 8.53. The van der Waals surface area contributed by atoms with Crippen molar-refractivity contribution in [1.82, 2.24) is 15.1 Å². The van der Waals surface area contributed by atoms with Gasteiger partial charge in [0.25, 0.3) is 5.69 Å². The Balaban J connectivity index is 1.52. The molecule has 3 rings (SSSR count). The Morgan fingerprint density at radius 3 is 2.58 bits per heavy atom. The predicted molar refractivity (Wildman–Crippen MR) is 90.6 cm³/mol. The van der Waals surface area contributed by atoms with Gasteiger partial charge in [-0.2, -0.15) is 0 Å². The van der Waals surface area contributed by atoms with E-state index in [2.05, 4.69) is 15.1 Å². The maximum Gasteiger partial charge on any atom is 0.273 e. The van der Waals surface area contributed by atoms with Gasteiger partial charge in [0.1, 0.15) is 0 Å². The molecular weight excluding hydrogens is 308 g/mol. The standard InChI is InChI=1S/C17H24N4O3/c1-13(17(22)18-15-6-7-15)20-10-8-19(9-11-20)12-14-4-2-3-5-16(14)21(23)24/h2-5,13,15H,6-12H2,1H3,(H,18,22). The molecule has 2 fully saturated rings. The SMILES string of the molecule is CC(C(=O)NC1CC1)N1CCN(Cc2ccccc2[N+](=O)[O-])CC1. The van der Waals surface area contributed by atoms with Gasteiger partial charge in [-0.3, -0.25) is 24.7 Å². The highest BCUT2D eigenvalue weighted by molar-refractivity contribution is 5.81. The fourth-order valence-corrected chi connectivity index (χ4v) is 3.09. The molecule has 1 N–H and O–H groups in total. The molecule has 0 spiro atoms. The van der Waals surface area contributed by atoms with Crippen LogP contribution in [-0.4, -0.2) is 58.9 Å². The number of carbonyl (C=O) groups excluding carboxylic acids is 1. The third kappa shape index (κ3) is 4.10. The smallest absolute Gasteiger partial charge is 0.273 e. The van der Waals surface area contributed by atoms with E-state index in [0.29, 0.717) is 12.6 Å². The number of nitrogens with zero attached hydrogens (tertiary/aromatic N) is 3. The van der Waals surface area contributed by atoms with E-state index in [1.807, 2.05) is 19.1 Å². The molecule has 2 aliphatic rings. The molecule has 1 aromatic rings. The first kappa shape index (κ1) is 16.9. The number of nitro benzene ring substituents is 1. The lowest BCUT2D eigenvalue weighted by atomic mass is 10.1. The van der Waals surface area contributed by atoms with Gasteiger partial charge >= 0.3 is 0 Å². The monoisotopic (exact) mass is 332 g/mol. The fourth-order valence-electron chi connectivity index (χ4n) is 3.09. The lowest BCUT2D eigenvalue weighted by molar-refractivity contribution is -0.385. The summed E-state index contributed by atoms with van der Waals surface area (Å²) < 4.78 is 0. The Bertz CT molecular complexity index is 610. The molecule has 1 atom stereocenters. The van der Waals surface area contributed by atoms with Crippen LogP contribution < -0.4 is 5.32 Å². The minimum atomic E-state index is -0.324. The minimum Gasteiger partial charge on any atom is -0.352 e. The molecule has 0 aromatic heterocycles. The molecule has 0 bridgehead atoms. The van der Waals surface area contributed by atoms with Crippen LogP contribution in [0.2, 0.25) is 0 Å². The van der Waals surface area contributed by atoms with Crippen LogP contribution in [0.15, 0.2) is 24.3 Å². The number of nitro groups is 1. The second-order valence-electron chi connectivity index (χ2n) is 6.66. The molecule has 1 saturated heterocycles. The second kappa shape index (κ2) is 7.27. The van der Waals surface area contributed by atoms with Crippen LogP contribution in [0.5, 0.6) is 0 Å². The Morgan fingerprint density at radius 1 is 1.29 bits per heavy atom. The van der Waals surface area contributed by atoms with Crippen LogP contribution in [0.3, 0.4) is 0 Å². The summed E-state index contributed by atoms with van der Waals surface area (Å²) in [5.74, 6) is 0.115. The fraction of sp³-hybridized carbons (Fsp3) is 0.588. The maximum atomic E-state index is 12.1. The van der Waals surface area contributed by atoms with Crippen molar-refractivity contribution in [2.75, 3.05) is 26.2 Å². The van der Waals surface area contributed by atoms with E-state index < -0.39 is 0 Å². The minimum absolute atomic E-state index is 0.112. The highest BCUT2D eigenvalue weighted by Gasteiger charge is 2.30. The van der Waals surface area contributed by atoms with Gasteiger partial charge in [0.2, 0.25) is 5.91 Å². The molecule has 24 heavy (non-hydrogen) atoms. The Labute approximate surface area is 141 Å². The van der Waals surface area contributed by atoms with Gasteiger partial charge in [-0.1, -0.05) is 18.2 Å². The van der Waals surface area contributed by atoms with E-state index in [4.69, 9.17) is 0 Å². The average molecular weight is 332 g/mol. The zero-order valence-electron chi connectivity index (χ0n) is 14.0. The van der Waals surface area contributed by atoms with Gasteiger partial charge in [-0.25, -0.2) is 0 Å². The summed E-state index contributed by atoms with van der Waals surface area (Å²) in [6.45, 7) is 5.77. The number of benzene rings is 1. The van der Waals surface area contributed by atoms with Crippen LogP contribution in [0.1, 0.15) is 25.3 Å². The predicted octanol–water partition coefficient (Wildman–Crippen LogP) is 1.38. The molecule has 1 aliphatic carbocycles. The Kier molecular flexibility index (Phi) is 5.11. The molecular formula is C17H24N4O3. The van der Waals surface area contributed by atoms with Gasteiger partial charge in [0.15, 0.2) is 0 Å². The van der Waals surface area contributed by atoms with Crippen LogP contribution in [0.4, 0.5) is 5.69 Å². The molecule has 1 unspecified atom stereocenters. The summed E-state index contributed by atoms with van der Waals surface area (Å²) in [5, 5.41) is 14.2. The largest absolute Gasteiger partial charge is 0.352 e. The number of para-hydroxylation sites is 1. The van der Waals surface area contributed by atoms with Crippen molar-refractivity contribution in [2.45, 2.75) is 38.4 Å². The molecule has 1 amide bonds. The van der Waals surface area contributed by atoms with Crippen LogP contribution in [-0.2, 0) is 11.3 Å². The summed E-state index contributed by atoms with van der Waals surface area (Å²) in [6.07, 6.45) is 2.20. The van der Waals surface area contributed by atoms with E-state index in [1.54, 1.807) is 12.1 Å². The van der Waals surface area contributed by atoms with Crippen molar-refractivity contribution >= 4 is 11.6 Å². The van der Waals surface area contributed by atoms with E-state index in [9.17, 15) is 14.9 Å². The van der Waals surface area contributed by atoms with E-state index in [1.165, 1.54) is 0 Å². The number of nitrogens with one attached hydrogen (secondary N) is 1. The summed E-state index contributed by atoms with van der Waals surface area (Å²) in [5.41, 5.74) is 0.924. The van der Waals surface area contributed by atoms with Crippen LogP contribution in [0, 0.1) is 10.1 Å². The second-order valence-corrected chi connectivity index (χ2v) is 6.66. The van der Waals surface area contributed by atoms with Crippen LogP contribution >= 0.6 is 0 Å². The van der Waals surface area contributed by atoms with Crippen molar-refractivity contribution in [1.29, 1.82) is 0 Å². The number of amides is 1. The van der Waals surface area contributed by atoms with Gasteiger partial charge in [0, 0.05) is 50.4 Å². The number of rotatable bonds is 6. The molecule has 1 heterocycles. The number of piperazine rings is 1. The molecule has 1 saturated carbocycles. The molecule has 1 aliphatic heterocycles. The topological polar surface area (TPSA) is 78.7 Å². The first-order chi connectivity index (χ1) is 11.5. The van der Waals surface area contributed by atoms with Gasteiger partial charge in [-0.05, 0) is 19.8 Å². The summed E-state index contributed by atoms with van der Waals surface area (Å²) >= 11 is 0. The first-order valence-corrected chi connectivity index (χ1v) is 8.53. The van der Waals surface area contributed by atoms with E-state index in [-0.39, 0.29) is 22.6 Å². The van der Waals surface area contributed by atoms with E-state index in [0.717, 1.165) is 44.6 Å². The summed E-state index contributed by atoms with van der Waals surface area (Å²) in [6, 6.07) is 7.17. The third-order valence-corrected chi connectivity index (χ3v) is 4.84.